The molecule has 4 aromatic heterocycles. The highest BCUT2D eigenvalue weighted by molar-refractivity contribution is 7.12. The van der Waals surface area contributed by atoms with Crippen LogP contribution in [0.25, 0.3) is 0 Å². The number of ether oxygens (including phenoxy) is 4. The van der Waals surface area contributed by atoms with Gasteiger partial charge in [-0.25, -0.2) is 57.5 Å². The lowest BCUT2D eigenvalue weighted by molar-refractivity contribution is -0.137. The van der Waals surface area contributed by atoms with Gasteiger partial charge in [0.2, 0.25) is 5.88 Å². The standard InChI is InChI=1S/2C34H29ClFN7O6S/c1-48-33(46)28-26(39-30(31-37-10-13-50-31)40-29(28)24-8-3-20(36)14-25(24)35)18-41-11-12-42-22(16-41)17-43(34(42)47)21-4-6-23(7-5-21)49-27-9-2-19(15-38-27)32(44)45;1-48-33(46)28-26(39-30(31-37-9-12-50-31)40-29(28)24-7-5-20(36)14-25(24)35)18-41-10-11-42-21(16-41)17-43(34(42)47)27-8-6-23(15-38-27)49-22-4-2-3-19(13-22)32(44)45/h2-10,13-15,22,29H,11-12,16-18H2,1H3,(H,39,40)(H,44,45);2-9,12-15,21,29H,10-11,16-18H2,1H3,(H,39,40)(H,44,45)/t22-,29-;21-,29-/m00/s1. The first kappa shape index (κ1) is 67.8. The molecule has 0 aliphatic carbocycles. The lowest BCUT2D eigenvalue weighted by atomic mass is 9.95. The number of hydrogen-bond acceptors (Lipinski definition) is 22. The number of carboxylic acid groups (broad SMARTS) is 2. The average molecular weight is 1440 g/mol. The van der Waals surface area contributed by atoms with E-state index in [4.69, 9.17) is 57.2 Å². The van der Waals surface area contributed by atoms with Crippen molar-refractivity contribution in [3.8, 4) is 23.1 Å². The van der Waals surface area contributed by atoms with E-state index in [1.165, 1.54) is 110 Å². The van der Waals surface area contributed by atoms with Crippen LogP contribution in [0, 0.1) is 11.6 Å². The topological polar surface area (TPSA) is 300 Å². The van der Waals surface area contributed by atoms with Crippen molar-refractivity contribution in [3.63, 3.8) is 0 Å². The number of halogens is 4. The molecule has 0 unspecified atom stereocenters. The number of urea groups is 2. The Balaban J connectivity index is 0.000000179. The van der Waals surface area contributed by atoms with Gasteiger partial charge in [0.15, 0.2) is 21.7 Å². The Morgan fingerprint density at radius 1 is 0.570 bits per heavy atom. The van der Waals surface area contributed by atoms with E-state index in [9.17, 15) is 42.7 Å². The molecule has 4 N–H and O–H groups in total. The molecule has 4 saturated heterocycles. The number of benzene rings is 4. The van der Waals surface area contributed by atoms with Crippen LogP contribution in [-0.4, -0.2) is 189 Å². The fourth-order valence-electron chi connectivity index (χ4n) is 12.4. The molecule has 512 valence electrons. The Morgan fingerprint density at radius 2 is 1.11 bits per heavy atom. The summed E-state index contributed by atoms with van der Waals surface area (Å²) in [5, 5.41) is 30.0. The quantitative estimate of drug-likeness (QED) is 0.0581. The summed E-state index contributed by atoms with van der Waals surface area (Å²) in [4.78, 5) is 114. The molecule has 6 aliphatic rings. The highest BCUT2D eigenvalue weighted by Crippen LogP contribution is 2.40. The van der Waals surface area contributed by atoms with Crippen LogP contribution >= 0.6 is 45.9 Å². The molecule has 0 spiro atoms. The lowest BCUT2D eigenvalue weighted by Crippen LogP contribution is -2.53. The maximum Gasteiger partial charge on any atom is 0.338 e. The zero-order valence-corrected chi connectivity index (χ0v) is 56.1. The van der Waals surface area contributed by atoms with Crippen molar-refractivity contribution in [2.24, 2.45) is 9.98 Å². The minimum absolute atomic E-state index is 0.0549. The van der Waals surface area contributed by atoms with Crippen LogP contribution in [0.15, 0.2) is 177 Å². The normalized spacial score (nSPS) is 19.2. The zero-order chi connectivity index (χ0) is 69.9. The van der Waals surface area contributed by atoms with Crippen molar-refractivity contribution in [1.82, 2.24) is 50.2 Å². The molecular weight excluding hydrogens is 1380 g/mol. The van der Waals surface area contributed by atoms with Gasteiger partial charge in [-0.3, -0.25) is 29.6 Å². The summed E-state index contributed by atoms with van der Waals surface area (Å²) in [6.07, 6.45) is 6.02. The number of pyridine rings is 2. The SMILES string of the molecule is COC(=O)C1=C(CN2CCN3C(=O)N(c4ccc(Oc5ccc(C(=O)O)cn5)cc4)C[C@@H]3C2)NC(c2nccs2)=N[C@H]1c1ccc(F)cc1Cl.COC(=O)C1=C(CN2CCN3C(=O)N(c4ccc(Oc5cccc(C(=O)O)c5)cn4)C[C@@H]3C2)NC(c2nccs2)=N[C@H]1c1ccc(F)cc1Cl. The predicted molar refractivity (Wildman–Crippen MR) is 365 cm³/mol. The number of aromatic carboxylic acids is 2. The second-order valence-electron chi connectivity index (χ2n) is 23.3. The number of carboxylic acids is 2. The minimum atomic E-state index is -1.08. The number of hydrogen-bond donors (Lipinski definition) is 4. The first-order valence-electron chi connectivity index (χ1n) is 30.9. The van der Waals surface area contributed by atoms with Gasteiger partial charge in [0.25, 0.3) is 0 Å². The molecule has 4 amide bonds. The van der Waals surface area contributed by atoms with Crippen molar-refractivity contribution in [2.45, 2.75) is 24.2 Å². The number of carbonyl (C=O) groups excluding carboxylic acids is 4. The number of amidine groups is 2. The van der Waals surface area contributed by atoms with E-state index in [-0.39, 0.29) is 62.3 Å². The van der Waals surface area contributed by atoms with Crippen LogP contribution in [0.4, 0.5) is 29.9 Å². The Labute approximate surface area is 586 Å². The number of methoxy groups -OCH3 is 2. The Kier molecular flexibility index (Phi) is 19.9. The molecule has 10 heterocycles. The van der Waals surface area contributed by atoms with Crippen LogP contribution in [0.2, 0.25) is 10.0 Å². The molecule has 4 fully saturated rings. The molecule has 14 rings (SSSR count). The van der Waals surface area contributed by atoms with Gasteiger partial charge in [-0.1, -0.05) is 41.4 Å². The van der Waals surface area contributed by atoms with Gasteiger partial charge < -0.3 is 49.6 Å². The number of aromatic nitrogens is 4. The van der Waals surface area contributed by atoms with E-state index in [2.05, 4.69) is 40.4 Å². The van der Waals surface area contributed by atoms with Crippen LogP contribution in [0.1, 0.15) is 53.9 Å². The van der Waals surface area contributed by atoms with Crippen LogP contribution in [0.5, 0.6) is 23.1 Å². The lowest BCUT2D eigenvalue weighted by Gasteiger charge is -2.38. The van der Waals surface area contributed by atoms with Crippen molar-refractivity contribution in [1.29, 1.82) is 0 Å². The maximum absolute atomic E-state index is 14.0. The number of aliphatic imine (C=N–C) groups is 2. The third-order valence-electron chi connectivity index (χ3n) is 17.2. The first-order valence-corrected chi connectivity index (χ1v) is 33.5. The van der Waals surface area contributed by atoms with Crippen molar-refractivity contribution >= 4 is 105 Å². The van der Waals surface area contributed by atoms with E-state index < -0.39 is 47.6 Å². The number of carbonyl (C=O) groups is 6. The monoisotopic (exact) mass is 1430 g/mol. The number of thiazole rings is 2. The van der Waals surface area contributed by atoms with E-state index in [0.29, 0.717) is 138 Å². The molecule has 0 radical (unpaired) electrons. The summed E-state index contributed by atoms with van der Waals surface area (Å²) in [5.74, 6) is -1.54. The molecule has 0 saturated carbocycles. The zero-order valence-electron chi connectivity index (χ0n) is 52.9. The summed E-state index contributed by atoms with van der Waals surface area (Å²) < 4.78 is 50.0. The fraction of sp³-hybridized carbons (Fsp3) is 0.235. The number of fused-ring (bicyclic) bond motifs is 2. The fourth-order valence-corrected chi connectivity index (χ4v) is 14.1. The minimum Gasteiger partial charge on any atom is -0.478 e. The number of rotatable bonds is 18. The number of anilines is 2. The van der Waals surface area contributed by atoms with Crippen molar-refractivity contribution in [2.75, 3.05) is 89.5 Å². The Bertz CT molecular complexity index is 4610. The molecule has 6 aliphatic heterocycles. The second-order valence-corrected chi connectivity index (χ2v) is 25.9. The Morgan fingerprint density at radius 3 is 1.59 bits per heavy atom. The summed E-state index contributed by atoms with van der Waals surface area (Å²) in [6, 6.07) is 25.0. The average Bonchev–Trinajstić information content (AvgIpc) is 1.69. The van der Waals surface area contributed by atoms with Gasteiger partial charge in [0.05, 0.1) is 61.3 Å². The first-order chi connectivity index (χ1) is 48.4. The molecule has 100 heavy (non-hydrogen) atoms. The van der Waals surface area contributed by atoms with Gasteiger partial charge in [0.1, 0.15) is 46.8 Å². The number of nitrogens with one attached hydrogen (secondary N) is 2. The molecule has 0 bridgehead atoms. The largest absolute Gasteiger partial charge is 0.478 e. The Hall–Kier alpha value is -10.8. The second kappa shape index (κ2) is 29.4. The molecule has 32 heteroatoms. The molecule has 8 aromatic rings. The van der Waals surface area contributed by atoms with Gasteiger partial charge >= 0.3 is 35.9 Å². The summed E-state index contributed by atoms with van der Waals surface area (Å²) in [7, 11) is 2.58. The van der Waals surface area contributed by atoms with Crippen molar-refractivity contribution in [3.05, 3.63) is 221 Å². The van der Waals surface area contributed by atoms with E-state index in [1.807, 2.05) is 20.6 Å². The van der Waals surface area contributed by atoms with Crippen molar-refractivity contribution < 1.29 is 66.7 Å². The number of amides is 4. The maximum atomic E-state index is 14.0. The third kappa shape index (κ3) is 14.5. The molecule has 4 atom stereocenters. The highest BCUT2D eigenvalue weighted by Gasteiger charge is 2.45. The van der Waals surface area contributed by atoms with Crippen LogP contribution < -0.4 is 29.9 Å². The van der Waals surface area contributed by atoms with E-state index >= 15 is 0 Å². The highest BCUT2D eigenvalue weighted by atomic mass is 35.5. The molecular formula is C68H58Cl2F2N14O12S2. The smallest absolute Gasteiger partial charge is 0.338 e. The van der Waals surface area contributed by atoms with Crippen LogP contribution in [-0.2, 0) is 19.1 Å². The van der Waals surface area contributed by atoms with E-state index in [0.717, 1.165) is 0 Å². The van der Waals surface area contributed by atoms with Gasteiger partial charge in [0, 0.05) is 133 Å². The molecule has 4 aromatic carbocycles. The number of piperazine rings is 2. The number of esters is 2. The van der Waals surface area contributed by atoms with E-state index in [1.54, 1.807) is 70.7 Å². The summed E-state index contributed by atoms with van der Waals surface area (Å²) in [5.41, 5.74) is 3.35. The number of nitrogens with zero attached hydrogens (tertiary/aromatic N) is 12. The van der Waals surface area contributed by atoms with Gasteiger partial charge in [-0.15, -0.1) is 22.7 Å². The van der Waals surface area contributed by atoms with Gasteiger partial charge in [-0.05, 0) is 84.9 Å². The predicted octanol–water partition coefficient (Wildman–Crippen LogP) is 9.93. The third-order valence-corrected chi connectivity index (χ3v) is 19.4. The van der Waals surface area contributed by atoms with Crippen LogP contribution in [0.3, 0.4) is 0 Å². The summed E-state index contributed by atoms with van der Waals surface area (Å²) >= 11 is 15.7. The molecule has 26 nitrogen and oxygen atoms in total. The van der Waals surface area contributed by atoms with Gasteiger partial charge in [-0.2, -0.15) is 0 Å². The summed E-state index contributed by atoms with van der Waals surface area (Å²) in [6.45, 7) is 4.48.